The Morgan fingerprint density at radius 1 is 1.38 bits per heavy atom. The first-order chi connectivity index (χ1) is 10.6. The smallest absolute Gasteiger partial charge is 0.293 e. The van der Waals surface area contributed by atoms with Crippen molar-refractivity contribution in [1.29, 1.82) is 0 Å². The lowest BCUT2D eigenvalue weighted by molar-refractivity contribution is -0.120. The van der Waals surface area contributed by atoms with Crippen molar-refractivity contribution in [3.63, 3.8) is 0 Å². The van der Waals surface area contributed by atoms with Crippen LogP contribution in [0.2, 0.25) is 0 Å². The minimum atomic E-state index is -0.363. The van der Waals surface area contributed by atoms with Gasteiger partial charge in [0.2, 0.25) is 5.91 Å². The van der Waals surface area contributed by atoms with Crippen molar-refractivity contribution in [3.05, 3.63) is 35.2 Å². The molecule has 10 heteroatoms. The molecule has 24 heavy (non-hydrogen) atoms. The van der Waals surface area contributed by atoms with Crippen molar-refractivity contribution in [2.75, 3.05) is 18.9 Å². The van der Waals surface area contributed by atoms with Gasteiger partial charge in [0.15, 0.2) is 10.9 Å². The van der Waals surface area contributed by atoms with Crippen LogP contribution < -0.4 is 16.0 Å². The van der Waals surface area contributed by atoms with Crippen LogP contribution in [-0.2, 0) is 11.2 Å². The van der Waals surface area contributed by atoms with Gasteiger partial charge in [0.25, 0.3) is 5.91 Å². The normalized spacial score (nSPS) is 10.9. The molecular formula is C14H20Cl2N4O3S. The highest BCUT2D eigenvalue weighted by Gasteiger charge is 2.13. The molecular weight excluding hydrogens is 375 g/mol. The molecule has 2 rings (SSSR count). The molecule has 1 atom stereocenters. The minimum absolute atomic E-state index is 0. The van der Waals surface area contributed by atoms with Crippen molar-refractivity contribution in [2.45, 2.75) is 19.4 Å². The molecule has 0 radical (unpaired) electrons. The van der Waals surface area contributed by atoms with Gasteiger partial charge in [0, 0.05) is 18.0 Å². The largest absolute Gasteiger partial charge is 0.459 e. The number of thiazole rings is 1. The Morgan fingerprint density at radius 3 is 2.75 bits per heavy atom. The van der Waals surface area contributed by atoms with Crippen LogP contribution in [0.15, 0.2) is 28.2 Å². The van der Waals surface area contributed by atoms with E-state index in [2.05, 4.69) is 20.9 Å². The van der Waals surface area contributed by atoms with Gasteiger partial charge in [-0.15, -0.1) is 36.2 Å². The zero-order valence-corrected chi connectivity index (χ0v) is 15.6. The maximum Gasteiger partial charge on any atom is 0.293 e. The molecule has 0 aliphatic carbocycles. The van der Waals surface area contributed by atoms with E-state index in [1.807, 2.05) is 14.0 Å². The van der Waals surface area contributed by atoms with Crippen LogP contribution in [0.4, 0.5) is 5.13 Å². The van der Waals surface area contributed by atoms with Crippen LogP contribution in [0.25, 0.3) is 0 Å². The minimum Gasteiger partial charge on any atom is -0.459 e. The van der Waals surface area contributed by atoms with E-state index >= 15 is 0 Å². The van der Waals surface area contributed by atoms with E-state index in [4.69, 9.17) is 4.42 Å². The first-order valence-corrected chi connectivity index (χ1v) is 7.69. The third-order valence-corrected chi connectivity index (χ3v) is 3.76. The Labute approximate surface area is 156 Å². The van der Waals surface area contributed by atoms with E-state index in [0.29, 0.717) is 17.4 Å². The molecule has 0 aromatic carbocycles. The number of likely N-dealkylation sites (N-methyl/N-ethyl adjacent to an activating group) is 1. The summed E-state index contributed by atoms with van der Waals surface area (Å²) in [5, 5.41) is 10.7. The fraction of sp³-hybridized carbons (Fsp3) is 0.357. The number of aromatic nitrogens is 1. The number of rotatable bonds is 7. The number of carbonyl (C=O) groups is 2. The first-order valence-electron chi connectivity index (χ1n) is 6.81. The summed E-state index contributed by atoms with van der Waals surface area (Å²) in [6.07, 6.45) is 1.61. The molecule has 7 nitrogen and oxygen atoms in total. The fourth-order valence-corrected chi connectivity index (χ4v) is 2.31. The highest BCUT2D eigenvalue weighted by atomic mass is 35.5. The van der Waals surface area contributed by atoms with Gasteiger partial charge in [0.05, 0.1) is 18.4 Å². The number of hydrogen-bond donors (Lipinski definition) is 3. The van der Waals surface area contributed by atoms with Gasteiger partial charge in [-0.1, -0.05) is 0 Å². The number of anilines is 1. The van der Waals surface area contributed by atoms with E-state index in [0.717, 1.165) is 0 Å². The topological polar surface area (TPSA) is 96.3 Å². The van der Waals surface area contributed by atoms with E-state index in [-0.39, 0.29) is 54.9 Å². The van der Waals surface area contributed by atoms with Gasteiger partial charge >= 0.3 is 0 Å². The van der Waals surface area contributed by atoms with E-state index < -0.39 is 0 Å². The quantitative estimate of drug-likeness (QED) is 0.667. The highest BCUT2D eigenvalue weighted by molar-refractivity contribution is 7.14. The molecule has 134 valence electrons. The molecule has 1 unspecified atom stereocenters. The molecule has 0 spiro atoms. The Bertz CT molecular complexity index is 634. The molecule has 0 aliphatic rings. The molecule has 2 aromatic heterocycles. The fourth-order valence-electron chi connectivity index (χ4n) is 1.61. The Hall–Kier alpha value is -1.61. The lowest BCUT2D eigenvalue weighted by atomic mass is 10.3. The Balaban J connectivity index is 0.00000264. The van der Waals surface area contributed by atoms with Crippen LogP contribution >= 0.6 is 36.2 Å². The summed E-state index contributed by atoms with van der Waals surface area (Å²) >= 11 is 1.27. The second kappa shape index (κ2) is 11.0. The standard InChI is InChI=1S/C14H18N4O3S.2ClH/c1-9(15-2)7-16-12(19)6-10-8-22-14(17-10)18-13(20)11-4-3-5-21-11;;/h3-5,8-9,15H,6-7H2,1-2H3,(H,16,19)(H,17,18,20);2*1H. The summed E-state index contributed by atoms with van der Waals surface area (Å²) < 4.78 is 5.00. The maximum atomic E-state index is 11.8. The molecule has 0 bridgehead atoms. The van der Waals surface area contributed by atoms with Gasteiger partial charge in [-0.3, -0.25) is 14.9 Å². The molecule has 2 aromatic rings. The third kappa shape index (κ3) is 6.88. The van der Waals surface area contributed by atoms with Crippen LogP contribution in [0.5, 0.6) is 0 Å². The number of hydrogen-bond acceptors (Lipinski definition) is 6. The van der Waals surface area contributed by atoms with Gasteiger partial charge < -0.3 is 15.1 Å². The molecule has 0 fully saturated rings. The van der Waals surface area contributed by atoms with Crippen molar-refractivity contribution in [3.8, 4) is 0 Å². The molecule has 0 saturated heterocycles. The van der Waals surface area contributed by atoms with Crippen LogP contribution in [0, 0.1) is 0 Å². The zero-order chi connectivity index (χ0) is 15.9. The zero-order valence-electron chi connectivity index (χ0n) is 13.2. The van der Waals surface area contributed by atoms with Gasteiger partial charge in [0.1, 0.15) is 0 Å². The number of carbonyl (C=O) groups excluding carboxylic acids is 2. The number of halogens is 2. The van der Waals surface area contributed by atoms with Crippen molar-refractivity contribution in [2.24, 2.45) is 0 Å². The van der Waals surface area contributed by atoms with Crippen molar-refractivity contribution < 1.29 is 14.0 Å². The van der Waals surface area contributed by atoms with Gasteiger partial charge in [-0.2, -0.15) is 0 Å². The summed E-state index contributed by atoms with van der Waals surface area (Å²) in [4.78, 5) is 27.8. The van der Waals surface area contributed by atoms with Crippen molar-refractivity contribution in [1.82, 2.24) is 15.6 Å². The predicted octanol–water partition coefficient (Wildman–Crippen LogP) is 2.10. The average Bonchev–Trinajstić information content (AvgIpc) is 3.16. The number of nitrogens with one attached hydrogen (secondary N) is 3. The summed E-state index contributed by atoms with van der Waals surface area (Å²) in [6, 6.07) is 3.42. The van der Waals surface area contributed by atoms with Crippen LogP contribution in [0.1, 0.15) is 23.2 Å². The molecule has 2 heterocycles. The Morgan fingerprint density at radius 2 is 2.12 bits per heavy atom. The maximum absolute atomic E-state index is 11.8. The average molecular weight is 395 g/mol. The lowest BCUT2D eigenvalue weighted by Crippen LogP contribution is -2.37. The number of furan rings is 1. The van der Waals surface area contributed by atoms with Crippen molar-refractivity contribution >= 4 is 53.1 Å². The molecule has 0 saturated carbocycles. The Kier molecular flexibility index (Phi) is 10.3. The van der Waals surface area contributed by atoms with E-state index in [1.165, 1.54) is 17.6 Å². The van der Waals surface area contributed by atoms with E-state index in [9.17, 15) is 9.59 Å². The molecule has 0 aliphatic heterocycles. The first kappa shape index (κ1) is 22.4. The second-order valence-electron chi connectivity index (χ2n) is 4.75. The second-order valence-corrected chi connectivity index (χ2v) is 5.60. The lowest BCUT2D eigenvalue weighted by Gasteiger charge is -2.10. The van der Waals surface area contributed by atoms with Crippen LogP contribution in [0.3, 0.4) is 0 Å². The third-order valence-electron chi connectivity index (χ3n) is 2.96. The van der Waals surface area contributed by atoms with Crippen LogP contribution in [-0.4, -0.2) is 36.4 Å². The van der Waals surface area contributed by atoms with Gasteiger partial charge in [-0.05, 0) is 26.1 Å². The van der Waals surface area contributed by atoms with Gasteiger partial charge in [-0.25, -0.2) is 4.98 Å². The summed E-state index contributed by atoms with van der Waals surface area (Å²) in [5.74, 6) is -0.245. The SMILES string of the molecule is CNC(C)CNC(=O)Cc1csc(NC(=O)c2ccco2)n1.Cl.Cl. The summed E-state index contributed by atoms with van der Waals surface area (Å²) in [7, 11) is 1.84. The number of nitrogens with zero attached hydrogens (tertiary/aromatic N) is 1. The molecule has 2 amide bonds. The summed E-state index contributed by atoms with van der Waals surface area (Å²) in [6.45, 7) is 2.53. The monoisotopic (exact) mass is 394 g/mol. The number of amides is 2. The molecule has 3 N–H and O–H groups in total. The van der Waals surface area contributed by atoms with E-state index in [1.54, 1.807) is 17.5 Å². The highest BCUT2D eigenvalue weighted by Crippen LogP contribution is 2.17. The summed E-state index contributed by atoms with van der Waals surface area (Å²) in [5.41, 5.74) is 0.620. The predicted molar refractivity (Wildman–Crippen MR) is 98.5 cm³/mol.